The van der Waals surface area contributed by atoms with Gasteiger partial charge in [-0.3, -0.25) is 0 Å². The van der Waals surface area contributed by atoms with E-state index in [0.717, 1.165) is 46.3 Å². The lowest BCUT2D eigenvalue weighted by Crippen LogP contribution is -2.42. The quantitative estimate of drug-likeness (QED) is 0.532. The van der Waals surface area contributed by atoms with E-state index < -0.39 is 0 Å². The van der Waals surface area contributed by atoms with Crippen LogP contribution in [0.15, 0.2) is 0 Å². The molecular weight excluding hydrogens is 158 g/mol. The third-order valence-electron chi connectivity index (χ3n) is 2.18. The van der Waals surface area contributed by atoms with Crippen molar-refractivity contribution in [1.29, 1.82) is 0 Å². The van der Waals surface area contributed by atoms with Gasteiger partial charge in [0, 0.05) is 33.0 Å². The van der Waals surface area contributed by atoms with E-state index in [0.29, 0.717) is 0 Å². The van der Waals surface area contributed by atoms with E-state index in [4.69, 9.17) is 14.6 Å². The molecule has 2 rings (SSSR count). The zero-order valence-electron chi connectivity index (χ0n) is 7.51. The van der Waals surface area contributed by atoms with Crippen LogP contribution in [-0.2, 0) is 9.47 Å². The van der Waals surface area contributed by atoms with Crippen LogP contribution in [-0.4, -0.2) is 44.3 Å². The Kier molecular flexibility index (Phi) is 3.94. The van der Waals surface area contributed by atoms with Crippen molar-refractivity contribution in [2.45, 2.75) is 18.6 Å². The molecule has 0 bridgehead atoms. The fourth-order valence-electron chi connectivity index (χ4n) is 1.59. The number of rotatable bonds is 0. The zero-order valence-corrected chi connectivity index (χ0v) is 7.51. The molecule has 2 N–H and O–H groups in total. The van der Waals surface area contributed by atoms with E-state index in [9.17, 15) is 0 Å². The summed E-state index contributed by atoms with van der Waals surface area (Å²) in [5, 5.41) is 10.3. The largest absolute Gasteiger partial charge is 0.400 e. The first kappa shape index (κ1) is 9.92. The summed E-state index contributed by atoms with van der Waals surface area (Å²) >= 11 is 0. The van der Waals surface area contributed by atoms with Crippen molar-refractivity contribution < 1.29 is 14.6 Å². The second kappa shape index (κ2) is 4.77. The molecule has 1 spiro atoms. The van der Waals surface area contributed by atoms with Crippen LogP contribution in [0.4, 0.5) is 0 Å². The fourth-order valence-corrected chi connectivity index (χ4v) is 1.59. The minimum absolute atomic E-state index is 0.189. The molecule has 2 aliphatic rings. The van der Waals surface area contributed by atoms with Gasteiger partial charge in [0.25, 0.3) is 0 Å². The van der Waals surface area contributed by atoms with Gasteiger partial charge in [0.05, 0.1) is 13.2 Å². The maximum absolute atomic E-state index is 7.00. The molecule has 0 saturated carbocycles. The van der Waals surface area contributed by atoms with Gasteiger partial charge in [-0.25, -0.2) is 0 Å². The number of piperidine rings is 1. The molecule has 12 heavy (non-hydrogen) atoms. The van der Waals surface area contributed by atoms with Gasteiger partial charge in [-0.1, -0.05) is 0 Å². The Morgan fingerprint density at radius 2 is 1.58 bits per heavy atom. The summed E-state index contributed by atoms with van der Waals surface area (Å²) in [4.78, 5) is 0. The molecule has 2 saturated heterocycles. The van der Waals surface area contributed by atoms with Gasteiger partial charge in [-0.15, -0.1) is 0 Å². The van der Waals surface area contributed by atoms with Crippen LogP contribution in [0.5, 0.6) is 0 Å². The normalized spacial score (nSPS) is 26.5. The third-order valence-corrected chi connectivity index (χ3v) is 2.18. The minimum Gasteiger partial charge on any atom is -0.400 e. The van der Waals surface area contributed by atoms with Crippen molar-refractivity contribution in [2.24, 2.45) is 0 Å². The Morgan fingerprint density at radius 1 is 1.08 bits per heavy atom. The molecule has 2 aliphatic heterocycles. The van der Waals surface area contributed by atoms with Crippen molar-refractivity contribution in [3.8, 4) is 0 Å². The SMILES string of the molecule is C1CC2(CCN1)OCCO2.CO. The molecule has 0 atom stereocenters. The third kappa shape index (κ3) is 2.17. The maximum Gasteiger partial charge on any atom is 0.170 e. The predicted molar refractivity (Wildman–Crippen MR) is 44.9 cm³/mol. The standard InChI is InChI=1S/C7H13NO2.CH4O/c1-3-8-4-2-7(1)9-5-6-10-7;1-2/h8H,1-6H2;2H,1H3. The smallest absolute Gasteiger partial charge is 0.170 e. The molecule has 0 aliphatic carbocycles. The highest BCUT2D eigenvalue weighted by Crippen LogP contribution is 2.28. The zero-order chi connectivity index (χ0) is 8.86. The Morgan fingerprint density at radius 3 is 2.08 bits per heavy atom. The molecular formula is C8H17NO3. The van der Waals surface area contributed by atoms with E-state index >= 15 is 0 Å². The van der Waals surface area contributed by atoms with Crippen molar-refractivity contribution >= 4 is 0 Å². The van der Waals surface area contributed by atoms with Crippen LogP contribution in [0.2, 0.25) is 0 Å². The van der Waals surface area contributed by atoms with Gasteiger partial charge >= 0.3 is 0 Å². The van der Waals surface area contributed by atoms with Gasteiger partial charge in [0.1, 0.15) is 0 Å². The first-order valence-corrected chi connectivity index (χ1v) is 4.35. The van der Waals surface area contributed by atoms with E-state index in [1.165, 1.54) is 0 Å². The lowest BCUT2D eigenvalue weighted by molar-refractivity contribution is -0.172. The van der Waals surface area contributed by atoms with Crippen LogP contribution >= 0.6 is 0 Å². The van der Waals surface area contributed by atoms with Gasteiger partial charge < -0.3 is 19.9 Å². The summed E-state index contributed by atoms with van der Waals surface area (Å²) in [7, 11) is 1.00. The molecule has 0 aromatic heterocycles. The van der Waals surface area contributed by atoms with Crippen molar-refractivity contribution in [2.75, 3.05) is 33.4 Å². The van der Waals surface area contributed by atoms with Crippen LogP contribution in [0.3, 0.4) is 0 Å². The molecule has 0 unspecified atom stereocenters. The summed E-state index contributed by atoms with van der Waals surface area (Å²) in [5.74, 6) is -0.189. The highest BCUT2D eigenvalue weighted by molar-refractivity contribution is 4.80. The monoisotopic (exact) mass is 175 g/mol. The Labute approximate surface area is 72.9 Å². The second-order valence-electron chi connectivity index (χ2n) is 2.86. The van der Waals surface area contributed by atoms with Crippen molar-refractivity contribution in [3.05, 3.63) is 0 Å². The predicted octanol–water partition coefficient (Wildman–Crippen LogP) is -0.279. The minimum atomic E-state index is -0.189. The molecule has 2 heterocycles. The average Bonchev–Trinajstić information content (AvgIpc) is 2.58. The number of hydrogen-bond acceptors (Lipinski definition) is 4. The summed E-state index contributed by atoms with van der Waals surface area (Å²) < 4.78 is 11.0. The van der Waals surface area contributed by atoms with E-state index in [1.807, 2.05) is 0 Å². The molecule has 4 nitrogen and oxygen atoms in total. The Bertz CT molecular complexity index is 115. The number of hydrogen-bond donors (Lipinski definition) is 2. The molecule has 2 fully saturated rings. The first-order chi connectivity index (χ1) is 5.91. The number of aliphatic hydroxyl groups is 1. The topological polar surface area (TPSA) is 50.7 Å². The molecule has 0 aromatic carbocycles. The van der Waals surface area contributed by atoms with Gasteiger partial charge in [-0.2, -0.15) is 0 Å². The van der Waals surface area contributed by atoms with Crippen LogP contribution < -0.4 is 5.32 Å². The first-order valence-electron chi connectivity index (χ1n) is 4.35. The summed E-state index contributed by atoms with van der Waals surface area (Å²) in [6.45, 7) is 3.61. The molecule has 0 radical (unpaired) electrons. The van der Waals surface area contributed by atoms with Crippen molar-refractivity contribution in [3.63, 3.8) is 0 Å². The highest BCUT2D eigenvalue weighted by atomic mass is 16.7. The van der Waals surface area contributed by atoms with Crippen LogP contribution in [0, 0.1) is 0 Å². The van der Waals surface area contributed by atoms with Gasteiger partial charge in [-0.05, 0) is 0 Å². The maximum atomic E-state index is 7.00. The lowest BCUT2D eigenvalue weighted by Gasteiger charge is -2.31. The summed E-state index contributed by atoms with van der Waals surface area (Å²) in [6, 6.07) is 0. The molecule has 0 amide bonds. The van der Waals surface area contributed by atoms with E-state index in [-0.39, 0.29) is 5.79 Å². The highest BCUT2D eigenvalue weighted by Gasteiger charge is 2.37. The second-order valence-corrected chi connectivity index (χ2v) is 2.86. The summed E-state index contributed by atoms with van der Waals surface area (Å²) in [5.41, 5.74) is 0. The lowest BCUT2D eigenvalue weighted by atomic mass is 10.1. The Hall–Kier alpha value is -0.160. The number of aliphatic hydroxyl groups excluding tert-OH is 1. The van der Waals surface area contributed by atoms with Crippen LogP contribution in [0.25, 0.3) is 0 Å². The van der Waals surface area contributed by atoms with Crippen molar-refractivity contribution in [1.82, 2.24) is 5.32 Å². The van der Waals surface area contributed by atoms with Gasteiger partial charge in [0.15, 0.2) is 5.79 Å². The molecule has 0 aromatic rings. The molecule has 4 heteroatoms. The van der Waals surface area contributed by atoms with Crippen LogP contribution in [0.1, 0.15) is 12.8 Å². The Balaban J connectivity index is 0.000000336. The number of nitrogens with one attached hydrogen (secondary N) is 1. The van der Waals surface area contributed by atoms with E-state index in [1.54, 1.807) is 0 Å². The fraction of sp³-hybridized carbons (Fsp3) is 1.00. The van der Waals surface area contributed by atoms with E-state index in [2.05, 4.69) is 5.32 Å². The molecule has 72 valence electrons. The average molecular weight is 175 g/mol. The number of ether oxygens (including phenoxy) is 2. The summed E-state index contributed by atoms with van der Waals surface area (Å²) in [6.07, 6.45) is 2.01. The van der Waals surface area contributed by atoms with Gasteiger partial charge in [0.2, 0.25) is 0 Å².